The van der Waals surface area contributed by atoms with E-state index in [1.54, 1.807) is 14.2 Å². The molecule has 4 heterocycles. The van der Waals surface area contributed by atoms with E-state index in [9.17, 15) is 0 Å². The highest BCUT2D eigenvalue weighted by atomic mass is 16.5. The fourth-order valence-corrected chi connectivity index (χ4v) is 4.97. The van der Waals surface area contributed by atoms with E-state index in [0.29, 0.717) is 24.8 Å². The molecule has 6 rings (SSSR count). The summed E-state index contributed by atoms with van der Waals surface area (Å²) in [6.45, 7) is 5.47. The maximum absolute atomic E-state index is 5.59. The van der Waals surface area contributed by atoms with E-state index >= 15 is 0 Å². The number of methoxy groups -OCH3 is 2. The average molecular weight is 463 g/mol. The minimum atomic E-state index is -0.174. The van der Waals surface area contributed by atoms with Gasteiger partial charge in [-0.3, -0.25) is 9.47 Å². The Hall–Kier alpha value is -3.34. The van der Waals surface area contributed by atoms with Gasteiger partial charge in [0.15, 0.2) is 11.5 Å². The summed E-state index contributed by atoms with van der Waals surface area (Å²) in [6.07, 6.45) is -0.174. The maximum Gasteiger partial charge on any atom is 0.216 e. The molecule has 1 N–H and O–H groups in total. The molecule has 3 aliphatic heterocycles. The number of ether oxygens (including phenoxy) is 2. The molecule has 0 unspecified atom stereocenters. The monoisotopic (exact) mass is 462 g/mol. The zero-order valence-corrected chi connectivity index (χ0v) is 19.8. The van der Waals surface area contributed by atoms with Crippen LogP contribution < -0.4 is 19.7 Å². The first kappa shape index (κ1) is 21.2. The molecule has 1 atom stereocenters. The van der Waals surface area contributed by atoms with E-state index in [0.717, 1.165) is 54.7 Å². The van der Waals surface area contributed by atoms with Crippen LogP contribution in [-0.4, -0.2) is 91.2 Å². The number of aromatic nitrogens is 2. The summed E-state index contributed by atoms with van der Waals surface area (Å²) in [4.78, 5) is 14.5. The molecule has 178 valence electrons. The van der Waals surface area contributed by atoms with Crippen molar-refractivity contribution in [2.24, 2.45) is 4.99 Å². The van der Waals surface area contributed by atoms with Crippen LogP contribution in [0.2, 0.25) is 0 Å². The number of benzene rings is 2. The first-order chi connectivity index (χ1) is 16.7. The molecule has 3 aromatic rings. The number of para-hydroxylation sites is 2. The number of hydrogen-bond donors (Lipinski definition) is 1. The second kappa shape index (κ2) is 8.46. The van der Waals surface area contributed by atoms with Crippen molar-refractivity contribution in [1.82, 2.24) is 29.8 Å². The molecule has 1 fully saturated rings. The number of rotatable bonds is 4. The summed E-state index contributed by atoms with van der Waals surface area (Å²) in [5, 5.41) is 8.40. The van der Waals surface area contributed by atoms with E-state index in [2.05, 4.69) is 61.0 Å². The Kier molecular flexibility index (Phi) is 5.28. The number of aliphatic imine (C=N–C) groups is 1. The van der Waals surface area contributed by atoms with E-state index in [-0.39, 0.29) is 6.17 Å². The molecule has 10 heteroatoms. The van der Waals surface area contributed by atoms with E-state index in [4.69, 9.17) is 19.5 Å². The summed E-state index contributed by atoms with van der Waals surface area (Å²) in [5.41, 5.74) is 3.08. The van der Waals surface area contributed by atoms with Gasteiger partial charge in [0.1, 0.15) is 12.8 Å². The molecular formula is C24H30N8O2. The second-order valence-electron chi connectivity index (χ2n) is 8.89. The molecule has 10 nitrogen and oxygen atoms in total. The number of likely N-dealkylation sites (N-methyl/N-ethyl adjacent to an activating group) is 1. The van der Waals surface area contributed by atoms with Crippen LogP contribution in [0.3, 0.4) is 0 Å². The van der Waals surface area contributed by atoms with Gasteiger partial charge in [-0.1, -0.05) is 18.2 Å². The quantitative estimate of drug-likeness (QED) is 0.629. The van der Waals surface area contributed by atoms with Gasteiger partial charge in [-0.15, -0.1) is 0 Å². The topological polar surface area (TPSA) is 73.6 Å². The average Bonchev–Trinajstić information content (AvgIpc) is 3.28. The van der Waals surface area contributed by atoms with Crippen LogP contribution in [-0.2, 0) is 0 Å². The molecule has 0 bridgehead atoms. The van der Waals surface area contributed by atoms with Crippen LogP contribution in [0.5, 0.6) is 11.5 Å². The Balaban J connectivity index is 1.41. The molecular weight excluding hydrogens is 432 g/mol. The molecule has 0 radical (unpaired) electrons. The number of nitrogens with one attached hydrogen (secondary N) is 1. The zero-order valence-electron chi connectivity index (χ0n) is 19.8. The summed E-state index contributed by atoms with van der Waals surface area (Å²) >= 11 is 0. The van der Waals surface area contributed by atoms with Gasteiger partial charge < -0.3 is 19.7 Å². The fraction of sp³-hybridized carbons (Fsp3) is 0.417. The van der Waals surface area contributed by atoms with Gasteiger partial charge in [0.2, 0.25) is 11.9 Å². The lowest BCUT2D eigenvalue weighted by molar-refractivity contribution is -0.0528. The van der Waals surface area contributed by atoms with Crippen molar-refractivity contribution < 1.29 is 9.47 Å². The zero-order chi connectivity index (χ0) is 23.2. The Morgan fingerprint density at radius 2 is 1.74 bits per heavy atom. The molecule has 0 saturated carbocycles. The van der Waals surface area contributed by atoms with Crippen LogP contribution in [0.25, 0.3) is 11.0 Å². The highest BCUT2D eigenvalue weighted by Gasteiger charge is 2.37. The maximum atomic E-state index is 5.59. The van der Waals surface area contributed by atoms with Crippen LogP contribution in [0.1, 0.15) is 11.7 Å². The van der Waals surface area contributed by atoms with Crippen LogP contribution in [0, 0.1) is 0 Å². The molecule has 0 spiro atoms. The first-order valence-electron chi connectivity index (χ1n) is 11.6. The largest absolute Gasteiger partial charge is 0.493 e. The van der Waals surface area contributed by atoms with E-state index < -0.39 is 0 Å². The molecule has 34 heavy (non-hydrogen) atoms. The Morgan fingerprint density at radius 3 is 2.53 bits per heavy atom. The van der Waals surface area contributed by atoms with Gasteiger partial charge in [-0.25, -0.2) is 20.0 Å². The third-order valence-electron chi connectivity index (χ3n) is 6.89. The number of hydrazine groups is 1. The van der Waals surface area contributed by atoms with Crippen molar-refractivity contribution in [1.29, 1.82) is 0 Å². The smallest absolute Gasteiger partial charge is 0.216 e. The summed E-state index contributed by atoms with van der Waals surface area (Å²) in [6, 6.07) is 14.3. The predicted molar refractivity (Wildman–Crippen MR) is 131 cm³/mol. The number of hydrogen-bond acceptors (Lipinski definition) is 9. The standard InChI is InChI=1S/C24H30N8O2/c1-28-10-12-29(13-11-28)30-15-25-23-27-22(17-8-9-20(33-2)21(14-17)34-3)32-19-7-5-4-6-18(19)26-24(32)31(23)16-30/h4-9,14,22H,10-13,15-16H2,1-3H3,(H,25,27)/t22-/m1/s1. The number of fused-ring (bicyclic) bond motifs is 5. The van der Waals surface area contributed by atoms with E-state index in [1.165, 1.54) is 0 Å². The lowest BCUT2D eigenvalue weighted by Gasteiger charge is -2.46. The normalized spacial score (nSPS) is 21.6. The lowest BCUT2D eigenvalue weighted by Crippen LogP contribution is -2.62. The van der Waals surface area contributed by atoms with Crippen LogP contribution in [0.15, 0.2) is 47.5 Å². The number of nitrogens with zero attached hydrogens (tertiary/aromatic N) is 7. The fourth-order valence-electron chi connectivity index (χ4n) is 4.97. The predicted octanol–water partition coefficient (Wildman–Crippen LogP) is 1.76. The summed E-state index contributed by atoms with van der Waals surface area (Å²) < 4.78 is 13.3. The second-order valence-corrected chi connectivity index (χ2v) is 8.89. The Bertz CT molecular complexity index is 1230. The van der Waals surface area contributed by atoms with Crippen molar-refractivity contribution in [3.05, 3.63) is 48.0 Å². The van der Waals surface area contributed by atoms with E-state index in [1.807, 2.05) is 18.2 Å². The van der Waals surface area contributed by atoms with Gasteiger partial charge in [0, 0.05) is 26.2 Å². The molecule has 0 amide bonds. The summed E-state index contributed by atoms with van der Waals surface area (Å²) in [7, 11) is 5.49. The van der Waals surface area contributed by atoms with Crippen molar-refractivity contribution in [3.63, 3.8) is 0 Å². The van der Waals surface area contributed by atoms with Crippen molar-refractivity contribution >= 4 is 22.9 Å². The Morgan fingerprint density at radius 1 is 0.941 bits per heavy atom. The minimum absolute atomic E-state index is 0.174. The van der Waals surface area contributed by atoms with Crippen molar-refractivity contribution in [2.45, 2.75) is 6.17 Å². The van der Waals surface area contributed by atoms with Gasteiger partial charge in [-0.05, 0) is 36.9 Å². The third-order valence-corrected chi connectivity index (χ3v) is 6.89. The molecule has 3 aliphatic rings. The van der Waals surface area contributed by atoms with Crippen LogP contribution >= 0.6 is 0 Å². The third kappa shape index (κ3) is 3.46. The molecule has 2 aromatic carbocycles. The van der Waals surface area contributed by atoms with Gasteiger partial charge in [0.25, 0.3) is 0 Å². The highest BCUT2D eigenvalue weighted by molar-refractivity contribution is 5.98. The van der Waals surface area contributed by atoms with Gasteiger partial charge in [-0.2, -0.15) is 0 Å². The summed E-state index contributed by atoms with van der Waals surface area (Å²) in [5.74, 6) is 3.13. The molecule has 0 aliphatic carbocycles. The minimum Gasteiger partial charge on any atom is -0.493 e. The number of piperazine rings is 1. The lowest BCUT2D eigenvalue weighted by atomic mass is 10.1. The number of guanidine groups is 1. The van der Waals surface area contributed by atoms with Crippen molar-refractivity contribution in [2.75, 3.05) is 65.7 Å². The van der Waals surface area contributed by atoms with Crippen molar-refractivity contribution in [3.8, 4) is 11.5 Å². The van der Waals surface area contributed by atoms with Crippen LogP contribution in [0.4, 0.5) is 5.95 Å². The van der Waals surface area contributed by atoms with Gasteiger partial charge >= 0.3 is 0 Å². The SMILES string of the molecule is COc1ccc([C@@H]2NC3=NCN(N4CCN(C)CC4)CN3c3nc4ccccc4n32)cc1OC. The Labute approximate surface area is 198 Å². The number of imidazole rings is 1. The first-order valence-corrected chi connectivity index (χ1v) is 11.6. The number of anilines is 1. The van der Waals surface area contributed by atoms with Gasteiger partial charge in [0.05, 0.1) is 31.9 Å². The molecule has 1 saturated heterocycles. The molecule has 1 aromatic heterocycles. The highest BCUT2D eigenvalue weighted by Crippen LogP contribution is 2.37.